The zero-order valence-electron chi connectivity index (χ0n) is 13.2. The second-order valence-electron chi connectivity index (χ2n) is 5.74. The van der Waals surface area contributed by atoms with Gasteiger partial charge in [0.25, 0.3) is 0 Å². The van der Waals surface area contributed by atoms with E-state index in [1.165, 1.54) is 6.20 Å². The number of amides is 1. The third-order valence-electron chi connectivity index (χ3n) is 3.73. The molecular weight excluding hydrogens is 304 g/mol. The molecule has 24 heavy (non-hydrogen) atoms. The van der Waals surface area contributed by atoms with Gasteiger partial charge in [-0.05, 0) is 24.6 Å². The van der Waals surface area contributed by atoms with Gasteiger partial charge in [0.15, 0.2) is 0 Å². The molecule has 1 aromatic carbocycles. The lowest BCUT2D eigenvalue weighted by Crippen LogP contribution is -2.28. The fourth-order valence-electron chi connectivity index (χ4n) is 2.49. The molecule has 0 aliphatic carbocycles. The van der Waals surface area contributed by atoms with Crippen molar-refractivity contribution >= 4 is 11.6 Å². The van der Waals surface area contributed by atoms with Gasteiger partial charge in [0.05, 0.1) is 29.6 Å². The summed E-state index contributed by atoms with van der Waals surface area (Å²) in [5.74, 6) is -0.303. The van der Waals surface area contributed by atoms with Crippen LogP contribution in [0.2, 0.25) is 0 Å². The van der Waals surface area contributed by atoms with E-state index in [9.17, 15) is 9.90 Å². The Balaban J connectivity index is 1.74. The Morgan fingerprint density at radius 3 is 2.67 bits per heavy atom. The molecule has 0 saturated carbocycles. The van der Waals surface area contributed by atoms with Crippen molar-refractivity contribution in [3.05, 3.63) is 66.5 Å². The third kappa shape index (κ3) is 3.49. The highest BCUT2D eigenvalue weighted by Gasteiger charge is 2.27. The number of rotatable bonds is 5. The zero-order valence-corrected chi connectivity index (χ0v) is 13.2. The number of aromatic amines is 1. The van der Waals surface area contributed by atoms with E-state index in [2.05, 4.69) is 20.5 Å². The van der Waals surface area contributed by atoms with Crippen LogP contribution in [-0.4, -0.2) is 26.2 Å². The van der Waals surface area contributed by atoms with Crippen LogP contribution in [0.5, 0.6) is 0 Å². The number of hydrogen-bond acceptors (Lipinski definition) is 4. The van der Waals surface area contributed by atoms with Crippen molar-refractivity contribution < 1.29 is 9.90 Å². The Hall–Kier alpha value is -2.99. The van der Waals surface area contributed by atoms with E-state index in [1.54, 1.807) is 25.3 Å². The average Bonchev–Trinajstić information content (AvgIpc) is 3.04. The maximum absolute atomic E-state index is 12.3. The number of carbonyl (C=O) groups is 1. The lowest BCUT2D eigenvalue weighted by atomic mass is 9.92. The molecule has 0 aliphatic heterocycles. The standard InChI is InChI=1S/C18H18N4O2/c1-18(24,13-7-3-2-4-8-13)11-16(23)21-15-12-20-22-17(15)14-9-5-6-10-19-14/h2-10,12,24H,11H2,1H3,(H,20,22)(H,21,23). The first-order valence-corrected chi connectivity index (χ1v) is 7.59. The Bertz CT molecular complexity index is 813. The lowest BCUT2D eigenvalue weighted by Gasteiger charge is -2.23. The van der Waals surface area contributed by atoms with Gasteiger partial charge in [0.2, 0.25) is 5.91 Å². The van der Waals surface area contributed by atoms with Crippen molar-refractivity contribution in [1.82, 2.24) is 15.2 Å². The highest BCUT2D eigenvalue weighted by atomic mass is 16.3. The Morgan fingerprint density at radius 2 is 1.96 bits per heavy atom. The average molecular weight is 322 g/mol. The second kappa shape index (κ2) is 6.64. The first kappa shape index (κ1) is 15.9. The summed E-state index contributed by atoms with van der Waals surface area (Å²) in [6, 6.07) is 14.6. The van der Waals surface area contributed by atoms with Crippen molar-refractivity contribution in [1.29, 1.82) is 0 Å². The molecule has 0 radical (unpaired) electrons. The molecule has 0 bridgehead atoms. The van der Waals surface area contributed by atoms with Crippen LogP contribution >= 0.6 is 0 Å². The van der Waals surface area contributed by atoms with Crippen LogP contribution in [-0.2, 0) is 10.4 Å². The molecule has 0 fully saturated rings. The van der Waals surface area contributed by atoms with Crippen LogP contribution in [0.3, 0.4) is 0 Å². The SMILES string of the molecule is CC(O)(CC(=O)Nc1cn[nH]c1-c1ccccn1)c1ccccc1. The summed E-state index contributed by atoms with van der Waals surface area (Å²) in [7, 11) is 0. The minimum absolute atomic E-state index is 0.0656. The summed E-state index contributed by atoms with van der Waals surface area (Å²) in [6.07, 6.45) is 3.13. The van der Waals surface area contributed by atoms with Crippen molar-refractivity contribution in [3.63, 3.8) is 0 Å². The van der Waals surface area contributed by atoms with Gasteiger partial charge in [-0.15, -0.1) is 0 Å². The van der Waals surface area contributed by atoms with Gasteiger partial charge in [0.1, 0.15) is 5.69 Å². The van der Waals surface area contributed by atoms with Crippen molar-refractivity contribution in [2.24, 2.45) is 0 Å². The van der Waals surface area contributed by atoms with Gasteiger partial charge >= 0.3 is 0 Å². The first-order chi connectivity index (χ1) is 11.6. The smallest absolute Gasteiger partial charge is 0.227 e. The Morgan fingerprint density at radius 1 is 1.21 bits per heavy atom. The van der Waals surface area contributed by atoms with E-state index in [0.29, 0.717) is 22.6 Å². The van der Waals surface area contributed by atoms with Crippen molar-refractivity contribution in [2.75, 3.05) is 5.32 Å². The minimum atomic E-state index is -1.25. The maximum Gasteiger partial charge on any atom is 0.227 e. The van der Waals surface area contributed by atoms with Gasteiger partial charge in [-0.25, -0.2) is 0 Å². The molecule has 0 spiro atoms. The predicted molar refractivity (Wildman–Crippen MR) is 91.1 cm³/mol. The maximum atomic E-state index is 12.3. The summed E-state index contributed by atoms with van der Waals surface area (Å²) in [4.78, 5) is 16.6. The van der Waals surface area contributed by atoms with Gasteiger partial charge in [-0.3, -0.25) is 14.9 Å². The number of aromatic nitrogens is 3. The summed E-state index contributed by atoms with van der Waals surface area (Å²) >= 11 is 0. The van der Waals surface area contributed by atoms with E-state index in [-0.39, 0.29) is 12.3 Å². The highest BCUT2D eigenvalue weighted by Crippen LogP contribution is 2.27. The highest BCUT2D eigenvalue weighted by molar-refractivity contribution is 5.94. The quantitative estimate of drug-likeness (QED) is 0.673. The van der Waals surface area contributed by atoms with E-state index < -0.39 is 5.60 Å². The monoisotopic (exact) mass is 322 g/mol. The Labute approximate surface area is 139 Å². The fraction of sp³-hybridized carbons (Fsp3) is 0.167. The van der Waals surface area contributed by atoms with Crippen LogP contribution in [0.25, 0.3) is 11.4 Å². The Kier molecular flexibility index (Phi) is 4.39. The zero-order chi connectivity index (χ0) is 17.0. The number of pyridine rings is 1. The van der Waals surface area contributed by atoms with E-state index >= 15 is 0 Å². The number of hydrogen-bond donors (Lipinski definition) is 3. The van der Waals surface area contributed by atoms with Crippen molar-refractivity contribution in [3.8, 4) is 11.4 Å². The molecule has 1 atom stereocenters. The predicted octanol–water partition coefficient (Wildman–Crippen LogP) is 2.71. The summed E-state index contributed by atoms with van der Waals surface area (Å²) < 4.78 is 0. The van der Waals surface area contributed by atoms with Gasteiger partial charge < -0.3 is 10.4 Å². The molecule has 2 heterocycles. The van der Waals surface area contributed by atoms with E-state index in [1.807, 2.05) is 36.4 Å². The van der Waals surface area contributed by atoms with Gasteiger partial charge in [-0.2, -0.15) is 5.10 Å². The number of H-pyrrole nitrogens is 1. The van der Waals surface area contributed by atoms with E-state index in [0.717, 1.165) is 0 Å². The molecule has 1 amide bonds. The summed E-state index contributed by atoms with van der Waals surface area (Å²) in [5.41, 5.74) is 1.28. The molecule has 3 aromatic rings. The number of nitrogens with zero attached hydrogens (tertiary/aromatic N) is 2. The van der Waals surface area contributed by atoms with Crippen LogP contribution in [0.15, 0.2) is 60.9 Å². The molecule has 6 heteroatoms. The summed E-state index contributed by atoms with van der Waals surface area (Å²) in [6.45, 7) is 1.62. The molecule has 122 valence electrons. The molecule has 0 saturated heterocycles. The lowest BCUT2D eigenvalue weighted by molar-refractivity contribution is -0.120. The minimum Gasteiger partial charge on any atom is -0.385 e. The first-order valence-electron chi connectivity index (χ1n) is 7.59. The van der Waals surface area contributed by atoms with Crippen LogP contribution < -0.4 is 5.32 Å². The number of nitrogens with one attached hydrogen (secondary N) is 2. The summed E-state index contributed by atoms with van der Waals surface area (Å²) in [5, 5.41) is 20.2. The molecule has 2 aromatic heterocycles. The molecule has 1 unspecified atom stereocenters. The third-order valence-corrected chi connectivity index (χ3v) is 3.73. The van der Waals surface area contributed by atoms with E-state index in [4.69, 9.17) is 0 Å². The number of aliphatic hydroxyl groups is 1. The van der Waals surface area contributed by atoms with Crippen LogP contribution in [0, 0.1) is 0 Å². The van der Waals surface area contributed by atoms with Crippen LogP contribution in [0.4, 0.5) is 5.69 Å². The number of benzene rings is 1. The number of anilines is 1. The van der Waals surface area contributed by atoms with Crippen molar-refractivity contribution in [2.45, 2.75) is 18.9 Å². The largest absolute Gasteiger partial charge is 0.385 e. The van der Waals surface area contributed by atoms with Crippen LogP contribution in [0.1, 0.15) is 18.9 Å². The van der Waals surface area contributed by atoms with Gasteiger partial charge in [-0.1, -0.05) is 36.4 Å². The second-order valence-corrected chi connectivity index (χ2v) is 5.74. The molecule has 3 N–H and O–H groups in total. The fourth-order valence-corrected chi connectivity index (χ4v) is 2.49. The molecule has 6 nitrogen and oxygen atoms in total. The van der Waals surface area contributed by atoms with Gasteiger partial charge in [0, 0.05) is 6.20 Å². The molecule has 3 rings (SSSR count). The normalized spacial score (nSPS) is 13.2. The molecular formula is C18H18N4O2. The number of carbonyl (C=O) groups excluding carboxylic acids is 1. The topological polar surface area (TPSA) is 90.9 Å². The molecule has 0 aliphatic rings.